The van der Waals surface area contributed by atoms with Crippen LogP contribution < -0.4 is 0 Å². The molecule has 1 aliphatic heterocycles. The second-order valence-corrected chi connectivity index (χ2v) is 5.35. The van der Waals surface area contributed by atoms with E-state index in [0.717, 1.165) is 31.8 Å². The van der Waals surface area contributed by atoms with Crippen LogP contribution in [0.4, 0.5) is 0 Å². The van der Waals surface area contributed by atoms with Gasteiger partial charge in [-0.2, -0.15) is 0 Å². The Kier molecular flexibility index (Phi) is 4.87. The van der Waals surface area contributed by atoms with Crippen LogP contribution in [0.1, 0.15) is 18.4 Å². The van der Waals surface area contributed by atoms with Gasteiger partial charge in [0.25, 0.3) is 0 Å². The van der Waals surface area contributed by atoms with Crippen molar-refractivity contribution in [2.24, 2.45) is 5.92 Å². The minimum atomic E-state index is 0.216. The molecule has 1 atom stereocenters. The number of nitrogens with zero attached hydrogens (tertiary/aromatic N) is 1. The smallest absolute Gasteiger partial charge is 0.138 e. The van der Waals surface area contributed by atoms with Gasteiger partial charge in [-0.3, -0.25) is 4.90 Å². The first-order valence-corrected chi connectivity index (χ1v) is 6.76. The largest absolute Gasteiger partial charge is 0.506 e. The van der Waals surface area contributed by atoms with E-state index < -0.39 is 0 Å². The Bertz CT molecular complexity index is 395. The van der Waals surface area contributed by atoms with Gasteiger partial charge in [-0.15, -0.1) is 0 Å². The summed E-state index contributed by atoms with van der Waals surface area (Å²) in [5, 5.41) is 10.3. The molecule has 1 aliphatic rings. The van der Waals surface area contributed by atoms with Crippen molar-refractivity contribution in [3.63, 3.8) is 0 Å². The van der Waals surface area contributed by atoms with E-state index in [4.69, 9.17) is 16.3 Å². The van der Waals surface area contributed by atoms with Gasteiger partial charge in [-0.25, -0.2) is 0 Å². The summed E-state index contributed by atoms with van der Waals surface area (Å²) in [6, 6.07) is 5.53. The highest BCUT2D eigenvalue weighted by Crippen LogP contribution is 2.29. The molecular formula is C14H20ClNO2. The van der Waals surface area contributed by atoms with Crippen molar-refractivity contribution in [1.82, 2.24) is 4.90 Å². The lowest BCUT2D eigenvalue weighted by molar-refractivity contribution is 0.0870. The maximum atomic E-state index is 9.91. The van der Waals surface area contributed by atoms with Crippen LogP contribution in [0.25, 0.3) is 0 Å². The van der Waals surface area contributed by atoms with Gasteiger partial charge in [0.05, 0.1) is 11.6 Å². The fourth-order valence-corrected chi connectivity index (χ4v) is 2.79. The number of halogens is 1. The van der Waals surface area contributed by atoms with Crippen molar-refractivity contribution in [3.05, 3.63) is 28.8 Å². The Labute approximate surface area is 113 Å². The normalized spacial score (nSPS) is 21.1. The molecule has 0 radical (unpaired) electrons. The molecule has 0 spiro atoms. The molecule has 1 aromatic carbocycles. The van der Waals surface area contributed by atoms with E-state index in [-0.39, 0.29) is 5.75 Å². The van der Waals surface area contributed by atoms with E-state index >= 15 is 0 Å². The highest BCUT2D eigenvalue weighted by molar-refractivity contribution is 6.32. The molecule has 1 saturated heterocycles. The summed E-state index contributed by atoms with van der Waals surface area (Å²) >= 11 is 5.92. The first-order valence-electron chi connectivity index (χ1n) is 6.38. The summed E-state index contributed by atoms with van der Waals surface area (Å²) in [7, 11) is 1.75. The van der Waals surface area contributed by atoms with Gasteiger partial charge >= 0.3 is 0 Å². The maximum Gasteiger partial charge on any atom is 0.138 e. The maximum absolute atomic E-state index is 9.91. The Balaban J connectivity index is 1.98. The summed E-state index contributed by atoms with van der Waals surface area (Å²) in [5.41, 5.74) is 0.903. The Morgan fingerprint density at radius 1 is 1.50 bits per heavy atom. The van der Waals surface area contributed by atoms with Crippen LogP contribution in [-0.4, -0.2) is 36.8 Å². The summed E-state index contributed by atoms with van der Waals surface area (Å²) in [5.74, 6) is 0.818. The van der Waals surface area contributed by atoms with Crippen LogP contribution in [0.15, 0.2) is 18.2 Å². The van der Waals surface area contributed by atoms with Crippen molar-refractivity contribution < 1.29 is 9.84 Å². The van der Waals surface area contributed by atoms with Crippen molar-refractivity contribution in [2.75, 3.05) is 26.8 Å². The van der Waals surface area contributed by atoms with Crippen molar-refractivity contribution in [1.29, 1.82) is 0 Å². The third kappa shape index (κ3) is 3.37. The molecule has 1 aromatic rings. The number of ether oxygens (including phenoxy) is 1. The van der Waals surface area contributed by atoms with E-state index in [9.17, 15) is 5.11 Å². The van der Waals surface area contributed by atoms with Crippen LogP contribution in [0.5, 0.6) is 5.75 Å². The number of para-hydroxylation sites is 1. The third-order valence-electron chi connectivity index (χ3n) is 3.47. The molecule has 0 bridgehead atoms. The number of aromatic hydroxyl groups is 1. The lowest BCUT2D eigenvalue weighted by atomic mass is 9.98. The van der Waals surface area contributed by atoms with Gasteiger partial charge in [-0.1, -0.05) is 23.7 Å². The topological polar surface area (TPSA) is 32.7 Å². The number of hydrogen-bond acceptors (Lipinski definition) is 3. The number of phenols is 1. The zero-order valence-corrected chi connectivity index (χ0v) is 11.5. The van der Waals surface area contributed by atoms with E-state index in [2.05, 4.69) is 4.90 Å². The Hall–Kier alpha value is -0.770. The van der Waals surface area contributed by atoms with Gasteiger partial charge in [0.2, 0.25) is 0 Å². The fraction of sp³-hybridized carbons (Fsp3) is 0.571. The standard InChI is InChI=1S/C14H20ClNO2/c1-18-10-11-4-3-7-16(8-11)9-12-5-2-6-13(15)14(12)17/h2,5-6,11,17H,3-4,7-10H2,1H3. The molecule has 1 fully saturated rings. The molecule has 0 saturated carbocycles. The number of methoxy groups -OCH3 is 1. The lowest BCUT2D eigenvalue weighted by Gasteiger charge is -2.32. The lowest BCUT2D eigenvalue weighted by Crippen LogP contribution is -2.36. The van der Waals surface area contributed by atoms with Gasteiger partial charge in [-0.05, 0) is 31.4 Å². The Morgan fingerprint density at radius 3 is 3.11 bits per heavy atom. The number of phenolic OH excluding ortho intramolecular Hbond substituents is 1. The van der Waals surface area contributed by atoms with E-state index in [1.54, 1.807) is 13.2 Å². The molecule has 2 rings (SSSR count). The van der Waals surface area contributed by atoms with E-state index in [1.807, 2.05) is 12.1 Å². The zero-order chi connectivity index (χ0) is 13.0. The first kappa shape index (κ1) is 13.7. The van der Waals surface area contributed by atoms with Crippen LogP contribution in [0, 0.1) is 5.92 Å². The average Bonchev–Trinajstić information content (AvgIpc) is 2.36. The monoisotopic (exact) mass is 269 g/mol. The van der Waals surface area contributed by atoms with Gasteiger partial charge in [0.1, 0.15) is 5.75 Å². The van der Waals surface area contributed by atoms with Crippen molar-refractivity contribution >= 4 is 11.6 Å². The molecule has 3 nitrogen and oxygen atoms in total. The Morgan fingerprint density at radius 2 is 2.33 bits per heavy atom. The predicted octanol–water partition coefficient (Wildman–Crippen LogP) is 2.90. The molecule has 4 heteroatoms. The molecule has 0 amide bonds. The zero-order valence-electron chi connectivity index (χ0n) is 10.7. The molecule has 1 N–H and O–H groups in total. The molecule has 1 unspecified atom stereocenters. The van der Waals surface area contributed by atoms with Crippen LogP contribution in [-0.2, 0) is 11.3 Å². The second-order valence-electron chi connectivity index (χ2n) is 4.95. The molecule has 0 aliphatic carbocycles. The van der Waals surface area contributed by atoms with Gasteiger partial charge < -0.3 is 9.84 Å². The predicted molar refractivity (Wildman–Crippen MR) is 73.0 cm³/mol. The first-order chi connectivity index (χ1) is 8.70. The third-order valence-corrected chi connectivity index (χ3v) is 3.77. The molecule has 1 heterocycles. The molecular weight excluding hydrogens is 250 g/mol. The number of benzene rings is 1. The molecule has 0 aromatic heterocycles. The highest BCUT2D eigenvalue weighted by atomic mass is 35.5. The number of piperidine rings is 1. The van der Waals surface area contributed by atoms with Crippen LogP contribution in [0.3, 0.4) is 0 Å². The van der Waals surface area contributed by atoms with Crippen LogP contribution in [0.2, 0.25) is 5.02 Å². The SMILES string of the molecule is COCC1CCCN(Cc2cccc(Cl)c2O)C1. The highest BCUT2D eigenvalue weighted by Gasteiger charge is 2.20. The minimum Gasteiger partial charge on any atom is -0.506 e. The quantitative estimate of drug-likeness (QED) is 0.912. The van der Waals surface area contributed by atoms with Crippen molar-refractivity contribution in [3.8, 4) is 5.75 Å². The van der Waals surface area contributed by atoms with Gasteiger partial charge in [0.15, 0.2) is 0 Å². The summed E-state index contributed by atoms with van der Waals surface area (Å²) in [6.07, 6.45) is 2.42. The van der Waals surface area contributed by atoms with Crippen LogP contribution >= 0.6 is 11.6 Å². The second kappa shape index (κ2) is 6.41. The fourth-order valence-electron chi connectivity index (χ4n) is 2.60. The van der Waals surface area contributed by atoms with E-state index in [0.29, 0.717) is 10.9 Å². The summed E-state index contributed by atoms with van der Waals surface area (Å²) in [6.45, 7) is 3.68. The minimum absolute atomic E-state index is 0.216. The molecule has 100 valence electrons. The van der Waals surface area contributed by atoms with Crippen molar-refractivity contribution in [2.45, 2.75) is 19.4 Å². The van der Waals surface area contributed by atoms with Gasteiger partial charge in [0, 0.05) is 25.8 Å². The van der Waals surface area contributed by atoms with E-state index in [1.165, 1.54) is 12.8 Å². The number of rotatable bonds is 4. The summed E-state index contributed by atoms with van der Waals surface area (Å²) in [4.78, 5) is 2.36. The number of likely N-dealkylation sites (tertiary alicyclic amines) is 1. The number of hydrogen-bond donors (Lipinski definition) is 1. The average molecular weight is 270 g/mol. The summed E-state index contributed by atoms with van der Waals surface area (Å²) < 4.78 is 5.23. The molecule has 18 heavy (non-hydrogen) atoms.